The Labute approximate surface area is 494 Å². The normalized spacial score (nSPS) is 13.0. The van der Waals surface area contributed by atoms with E-state index in [1.54, 1.807) is 0 Å². The summed E-state index contributed by atoms with van der Waals surface area (Å²) in [5.41, 5.74) is 28.0. The first-order chi connectivity index (χ1) is 40.7. The summed E-state index contributed by atoms with van der Waals surface area (Å²) in [6, 6.07) is 88.9. The summed E-state index contributed by atoms with van der Waals surface area (Å²) in [7, 11) is 0. The van der Waals surface area contributed by atoms with Gasteiger partial charge in [-0.15, -0.1) is 6.58 Å². The van der Waals surface area contributed by atoms with Crippen molar-refractivity contribution < 1.29 is 4.42 Å². The van der Waals surface area contributed by atoms with E-state index in [-0.39, 0.29) is 17.5 Å². The molecule has 3 heterocycles. The highest BCUT2D eigenvalue weighted by Gasteiger charge is 2.43. The molecular weight excluding hydrogens is 1010 g/mol. The van der Waals surface area contributed by atoms with Crippen LogP contribution in [0, 0.1) is 6.92 Å². The fraction of sp³-hybridized carbons (Fsp3) is 0.136. The smallest absolute Gasteiger partial charge is 0.247 e. The first kappa shape index (κ1) is 51.4. The molecule has 3 heteroatoms. The largest absolute Gasteiger partial charge is 0.455 e. The van der Waals surface area contributed by atoms with Gasteiger partial charge in [0.1, 0.15) is 11.2 Å². The number of para-hydroxylation sites is 1. The zero-order valence-electron chi connectivity index (χ0n) is 49.1. The van der Waals surface area contributed by atoms with E-state index in [2.05, 4.69) is 290 Å². The molecule has 404 valence electrons. The Balaban J connectivity index is 1.16. The number of anilines is 3. The van der Waals surface area contributed by atoms with Crippen LogP contribution in [-0.4, -0.2) is 6.71 Å². The number of benzene rings is 12. The van der Waals surface area contributed by atoms with Crippen molar-refractivity contribution in [3.63, 3.8) is 0 Å². The van der Waals surface area contributed by atoms with Gasteiger partial charge in [-0.25, -0.2) is 0 Å². The molecule has 0 spiro atoms. The summed E-state index contributed by atoms with van der Waals surface area (Å²) in [6.45, 7) is 21.5. The predicted octanol–water partition coefficient (Wildman–Crippen LogP) is 20.6. The van der Waals surface area contributed by atoms with Gasteiger partial charge in [0.25, 0.3) is 0 Å². The van der Waals surface area contributed by atoms with Gasteiger partial charge < -0.3 is 9.32 Å². The van der Waals surface area contributed by atoms with E-state index >= 15 is 0 Å². The monoisotopic (exact) mass is 1080 g/mol. The Bertz CT molecular complexity index is 4750. The van der Waals surface area contributed by atoms with Gasteiger partial charge in [-0.05, 0) is 183 Å². The van der Waals surface area contributed by atoms with Crippen molar-refractivity contribution >= 4 is 83.7 Å². The van der Waals surface area contributed by atoms with Crippen LogP contribution in [0.4, 0.5) is 17.1 Å². The second-order valence-electron chi connectivity index (χ2n) is 25.7. The molecule has 0 saturated carbocycles. The van der Waals surface area contributed by atoms with Gasteiger partial charge in [-0.1, -0.05) is 247 Å². The molecule has 0 atom stereocenters. The highest BCUT2D eigenvalue weighted by molar-refractivity contribution is 7.03. The second-order valence-corrected chi connectivity index (χ2v) is 25.7. The van der Waals surface area contributed by atoms with Gasteiger partial charge in [0, 0.05) is 33.4 Å². The molecule has 13 aromatic rings. The quantitative estimate of drug-likeness (QED) is 0.117. The molecule has 1 aromatic heterocycles. The average Bonchev–Trinajstić information content (AvgIpc) is 2.07. The summed E-state index contributed by atoms with van der Waals surface area (Å²) >= 11 is 0. The van der Waals surface area contributed by atoms with E-state index in [0.29, 0.717) is 0 Å². The molecule has 0 unspecified atom stereocenters. The number of hydrogen-bond donors (Lipinski definition) is 0. The molecule has 0 N–H and O–H groups in total. The van der Waals surface area contributed by atoms with Crippen molar-refractivity contribution in [1.29, 1.82) is 0 Å². The molecule has 2 nitrogen and oxygen atoms in total. The van der Waals surface area contributed by atoms with Crippen molar-refractivity contribution in [2.45, 2.75) is 72.1 Å². The van der Waals surface area contributed by atoms with E-state index in [1.165, 1.54) is 93.7 Å². The van der Waals surface area contributed by atoms with Gasteiger partial charge in [0.15, 0.2) is 0 Å². The van der Waals surface area contributed by atoms with Crippen LogP contribution in [0.25, 0.3) is 93.5 Å². The van der Waals surface area contributed by atoms with Gasteiger partial charge in [0.05, 0.1) is 0 Å². The van der Waals surface area contributed by atoms with Crippen molar-refractivity contribution in [1.82, 2.24) is 0 Å². The number of nitrogens with zero attached hydrogens (tertiary/aromatic N) is 1. The first-order valence-electron chi connectivity index (χ1n) is 29.9. The van der Waals surface area contributed by atoms with Gasteiger partial charge in [0.2, 0.25) is 6.71 Å². The second kappa shape index (κ2) is 19.6. The van der Waals surface area contributed by atoms with Crippen LogP contribution < -0.4 is 15.8 Å². The molecule has 2 aliphatic rings. The van der Waals surface area contributed by atoms with Gasteiger partial charge >= 0.3 is 0 Å². The fourth-order valence-corrected chi connectivity index (χ4v) is 14.0. The van der Waals surface area contributed by atoms with E-state index < -0.39 is 0 Å². The highest BCUT2D eigenvalue weighted by atomic mass is 16.3. The van der Waals surface area contributed by atoms with Crippen molar-refractivity contribution in [3.05, 3.63) is 288 Å². The van der Waals surface area contributed by atoms with Crippen LogP contribution >= 0.6 is 0 Å². The van der Waals surface area contributed by atoms with E-state index in [1.807, 2.05) is 0 Å². The third kappa shape index (κ3) is 8.46. The molecule has 2 aliphatic heterocycles. The van der Waals surface area contributed by atoms with Crippen LogP contribution in [-0.2, 0) is 23.7 Å². The summed E-state index contributed by atoms with van der Waals surface area (Å²) < 4.78 is 7.42. The van der Waals surface area contributed by atoms with Crippen LogP contribution in [0.15, 0.2) is 248 Å². The lowest BCUT2D eigenvalue weighted by atomic mass is 9.33. The molecule has 0 saturated heterocycles. The number of furan rings is 1. The molecule has 84 heavy (non-hydrogen) atoms. The third-order valence-electron chi connectivity index (χ3n) is 18.4. The van der Waals surface area contributed by atoms with Crippen LogP contribution in [0.3, 0.4) is 0 Å². The van der Waals surface area contributed by atoms with Gasteiger partial charge in [-0.3, -0.25) is 0 Å². The summed E-state index contributed by atoms with van der Waals surface area (Å²) in [6.07, 6.45) is 1.55. The Hall–Kier alpha value is -9.44. The van der Waals surface area contributed by atoms with E-state index in [4.69, 9.17) is 11.0 Å². The minimum atomic E-state index is -0.311. The number of hydrogen-bond acceptors (Lipinski definition) is 2. The maximum atomic E-state index is 7.42. The molecule has 12 aromatic carbocycles. The third-order valence-corrected chi connectivity index (χ3v) is 18.4. The molecule has 15 rings (SSSR count). The Kier molecular flexibility index (Phi) is 12.0. The SMILES string of the molecule is C=C1B2c3cc4c(Cc5ccccc5)c5ccccc5c(Cc5ccccc5)c4cc3N(c3cc(-c4ccccc4)cc(-c4ccccc4)c3)c3cc4c(oc5ccccc54)c(c32)-c2cc(C(C)(C)C)cc(c2C)-c2cc(C(C)(C)C)ccc21. The minimum absolute atomic E-state index is 0.0944. The Morgan fingerprint density at radius 2 is 0.917 bits per heavy atom. The number of rotatable bonds is 7. The van der Waals surface area contributed by atoms with Crippen molar-refractivity contribution in [3.8, 4) is 44.5 Å². The summed E-state index contributed by atoms with van der Waals surface area (Å²) in [5, 5.41) is 7.29. The lowest BCUT2D eigenvalue weighted by molar-refractivity contribution is 0.589. The van der Waals surface area contributed by atoms with Crippen LogP contribution in [0.1, 0.15) is 86.1 Å². The lowest BCUT2D eigenvalue weighted by Crippen LogP contribution is -2.51. The maximum absolute atomic E-state index is 7.42. The van der Waals surface area contributed by atoms with Crippen molar-refractivity contribution in [2.75, 3.05) is 4.90 Å². The van der Waals surface area contributed by atoms with E-state index in [0.717, 1.165) is 85.1 Å². The molecular formula is C81H66BNO. The molecule has 0 aliphatic carbocycles. The molecule has 0 radical (unpaired) electrons. The highest BCUT2D eigenvalue weighted by Crippen LogP contribution is 2.52. The summed E-state index contributed by atoms with van der Waals surface area (Å²) in [5.74, 6) is 0. The van der Waals surface area contributed by atoms with Crippen LogP contribution in [0.5, 0.6) is 0 Å². The zero-order chi connectivity index (χ0) is 57.2. The van der Waals surface area contributed by atoms with Crippen LogP contribution in [0.2, 0.25) is 0 Å². The fourth-order valence-electron chi connectivity index (χ4n) is 14.0. The Morgan fingerprint density at radius 3 is 1.50 bits per heavy atom. The van der Waals surface area contributed by atoms with Crippen molar-refractivity contribution in [2.24, 2.45) is 0 Å². The number of fused-ring (bicyclic) bond motifs is 13. The van der Waals surface area contributed by atoms with Gasteiger partial charge in [-0.2, -0.15) is 0 Å². The van der Waals surface area contributed by atoms with E-state index in [9.17, 15) is 0 Å². The first-order valence-corrected chi connectivity index (χ1v) is 29.9. The minimum Gasteiger partial charge on any atom is -0.455 e. The zero-order valence-corrected chi connectivity index (χ0v) is 49.1. The standard InChI is InChI=1S/C81H66BNO/c1-50-65-45-59(81(6,7)8)46-66(50)77-78-75(49-72-64-35-23-24-36-76(64)84-79(72)77)83(60-42-56(54-29-17-11-18-30-54)41-57(43-60)55-31-19-12-20-32-55)74-48-71-68(40-53-27-15-10-16-28-53)63-34-22-21-33-62(63)67(39-52-25-13-9-14-26-52)70(71)47-73(74)82(78)51(2)61-38-37-58(44-69(61)65)80(3,4)5/h9-38,41-49H,2,39-40H2,1,3-8H3. The molecule has 0 amide bonds. The predicted molar refractivity (Wildman–Crippen MR) is 360 cm³/mol. The Morgan fingerprint density at radius 1 is 0.417 bits per heavy atom. The molecule has 0 fully saturated rings. The summed E-state index contributed by atoms with van der Waals surface area (Å²) in [4.78, 5) is 2.64. The maximum Gasteiger partial charge on any atom is 0.247 e. The topological polar surface area (TPSA) is 16.4 Å². The molecule has 2 bridgehead atoms. The average molecular weight is 1080 g/mol. The lowest BCUT2D eigenvalue weighted by Gasteiger charge is -2.40.